The Balaban J connectivity index is 0.000000151. The summed E-state index contributed by atoms with van der Waals surface area (Å²) in [7, 11) is 1.70. The normalized spacial score (nSPS) is 48.1. The van der Waals surface area contributed by atoms with Gasteiger partial charge in [-0.05, 0) is 86.6 Å². The van der Waals surface area contributed by atoms with Gasteiger partial charge in [0.05, 0.1) is 0 Å². The molecule has 4 bridgehead atoms. The zero-order valence-corrected chi connectivity index (χ0v) is 14.9. The molecule has 4 saturated carbocycles. The average Bonchev–Trinajstić information content (AvgIpc) is 3.17. The first-order valence-corrected chi connectivity index (χ1v) is 11.4. The van der Waals surface area contributed by atoms with Crippen molar-refractivity contribution in [3.8, 4) is 0 Å². The Bertz CT molecular complexity index is 351. The fourth-order valence-corrected chi connectivity index (χ4v) is 6.15. The van der Waals surface area contributed by atoms with Gasteiger partial charge in [-0.1, -0.05) is 6.92 Å². The summed E-state index contributed by atoms with van der Waals surface area (Å²) < 4.78 is 10.0. The monoisotopic (exact) mass is 296 g/mol. The lowest BCUT2D eigenvalue weighted by Gasteiger charge is -2.37. The van der Waals surface area contributed by atoms with Crippen molar-refractivity contribution < 1.29 is 8.85 Å². The van der Waals surface area contributed by atoms with Crippen LogP contribution in [0.5, 0.6) is 0 Å². The fourth-order valence-electron chi connectivity index (χ4n) is 5.98. The van der Waals surface area contributed by atoms with Crippen molar-refractivity contribution in [3.63, 3.8) is 0 Å². The molecule has 3 heteroatoms. The molecule has 0 aromatic carbocycles. The first-order chi connectivity index (χ1) is 9.46. The van der Waals surface area contributed by atoms with Gasteiger partial charge in [-0.2, -0.15) is 0 Å². The van der Waals surface area contributed by atoms with E-state index in [1.807, 2.05) is 13.1 Å². The molecule has 7 unspecified atom stereocenters. The molecule has 0 aromatic rings. The molecule has 20 heavy (non-hydrogen) atoms. The lowest BCUT2D eigenvalue weighted by molar-refractivity contribution is 0.112. The predicted octanol–water partition coefficient (Wildman–Crippen LogP) is 4.31. The van der Waals surface area contributed by atoms with E-state index in [1.165, 1.54) is 35.5 Å². The Morgan fingerprint density at radius 2 is 1.40 bits per heavy atom. The van der Waals surface area contributed by atoms with Crippen molar-refractivity contribution in [2.75, 3.05) is 14.2 Å². The average molecular weight is 297 g/mol. The fraction of sp³-hybridized carbons (Fsp3) is 1.00. The summed E-state index contributed by atoms with van der Waals surface area (Å²) in [5.41, 5.74) is 0. The van der Waals surface area contributed by atoms with Crippen molar-refractivity contribution in [2.24, 2.45) is 41.4 Å². The quantitative estimate of drug-likeness (QED) is 0.558. The van der Waals surface area contributed by atoms with Crippen molar-refractivity contribution in [1.82, 2.24) is 0 Å². The van der Waals surface area contributed by atoms with Gasteiger partial charge < -0.3 is 8.85 Å². The Morgan fingerprint density at radius 3 is 1.95 bits per heavy atom. The molecule has 0 radical (unpaired) electrons. The van der Waals surface area contributed by atoms with Crippen LogP contribution in [0.4, 0.5) is 0 Å². The highest BCUT2D eigenvalue weighted by Crippen LogP contribution is 2.68. The molecule has 7 atom stereocenters. The van der Waals surface area contributed by atoms with Crippen LogP contribution < -0.4 is 0 Å². The molecule has 0 spiro atoms. The summed E-state index contributed by atoms with van der Waals surface area (Å²) in [6.07, 6.45) is 8.05. The highest BCUT2D eigenvalue weighted by Gasteiger charge is 2.61. The molecule has 0 aliphatic heterocycles. The maximum atomic E-state index is 5.00. The topological polar surface area (TPSA) is 18.5 Å². The summed E-state index contributed by atoms with van der Waals surface area (Å²) in [5.74, 6) is 8.26. The van der Waals surface area contributed by atoms with E-state index in [0.29, 0.717) is 0 Å². The van der Waals surface area contributed by atoms with Crippen molar-refractivity contribution in [3.05, 3.63) is 0 Å². The molecule has 4 rings (SSSR count). The van der Waals surface area contributed by atoms with E-state index in [0.717, 1.165) is 5.92 Å². The zero-order valence-electron chi connectivity index (χ0n) is 13.9. The van der Waals surface area contributed by atoms with Crippen LogP contribution in [0.25, 0.3) is 0 Å². The second kappa shape index (κ2) is 5.40. The second-order valence-corrected chi connectivity index (χ2v) is 11.8. The van der Waals surface area contributed by atoms with Gasteiger partial charge in [-0.15, -0.1) is 0 Å². The van der Waals surface area contributed by atoms with Crippen LogP contribution in [0.15, 0.2) is 0 Å². The van der Waals surface area contributed by atoms with Crippen LogP contribution in [0.3, 0.4) is 0 Å². The summed E-state index contributed by atoms with van der Waals surface area (Å²) in [5, 5.41) is 0. The largest absolute Gasteiger partial charge is 0.398 e. The third-order valence-electron chi connectivity index (χ3n) is 7.05. The van der Waals surface area contributed by atoms with Crippen molar-refractivity contribution in [2.45, 2.75) is 52.1 Å². The number of hydrogen-bond donors (Lipinski definition) is 0. The molecular weight excluding hydrogens is 264 g/mol. The van der Waals surface area contributed by atoms with Crippen LogP contribution in [0.2, 0.25) is 13.1 Å². The summed E-state index contributed by atoms with van der Waals surface area (Å²) in [6.45, 7) is 6.51. The van der Waals surface area contributed by atoms with Gasteiger partial charge in [0.1, 0.15) is 0 Å². The Hall–Kier alpha value is 0.137. The Kier molecular flexibility index (Phi) is 4.06. The minimum absolute atomic E-state index is 1.09. The zero-order chi connectivity index (χ0) is 14.5. The lowest BCUT2D eigenvalue weighted by Crippen LogP contribution is -2.31. The SMILES string of the molecule is CC1CC2CC1C1C3CCC(C3)C21.CO[Si](C)(C)OC. The van der Waals surface area contributed by atoms with Gasteiger partial charge in [0.2, 0.25) is 0 Å². The van der Waals surface area contributed by atoms with E-state index in [4.69, 9.17) is 8.85 Å². The predicted molar refractivity (Wildman–Crippen MR) is 84.7 cm³/mol. The Labute approximate surface area is 125 Å². The minimum atomic E-state index is -1.65. The summed E-state index contributed by atoms with van der Waals surface area (Å²) in [6, 6.07) is 0. The van der Waals surface area contributed by atoms with Gasteiger partial charge in [-0.25, -0.2) is 0 Å². The number of fused-ring (bicyclic) bond motifs is 9. The van der Waals surface area contributed by atoms with E-state index in [2.05, 4.69) is 6.92 Å². The second-order valence-electron chi connectivity index (χ2n) is 8.17. The molecule has 0 saturated heterocycles. The summed E-state index contributed by atoms with van der Waals surface area (Å²) >= 11 is 0. The van der Waals surface area contributed by atoms with Gasteiger partial charge in [-0.3, -0.25) is 0 Å². The molecule has 0 N–H and O–H groups in total. The van der Waals surface area contributed by atoms with Gasteiger partial charge in [0, 0.05) is 14.2 Å². The molecule has 2 nitrogen and oxygen atoms in total. The van der Waals surface area contributed by atoms with E-state index in [-0.39, 0.29) is 0 Å². The third-order valence-corrected chi connectivity index (χ3v) is 9.02. The summed E-state index contributed by atoms with van der Waals surface area (Å²) in [4.78, 5) is 0. The highest BCUT2D eigenvalue weighted by molar-refractivity contribution is 6.64. The van der Waals surface area contributed by atoms with E-state index >= 15 is 0 Å². The molecular formula is C17H32O2Si. The van der Waals surface area contributed by atoms with Gasteiger partial charge in [0.15, 0.2) is 0 Å². The molecule has 0 heterocycles. The van der Waals surface area contributed by atoms with Crippen molar-refractivity contribution >= 4 is 8.56 Å². The van der Waals surface area contributed by atoms with Crippen LogP contribution in [0.1, 0.15) is 39.0 Å². The van der Waals surface area contributed by atoms with Gasteiger partial charge in [0.25, 0.3) is 0 Å². The first-order valence-electron chi connectivity index (χ1n) is 8.57. The van der Waals surface area contributed by atoms with E-state index < -0.39 is 8.56 Å². The van der Waals surface area contributed by atoms with Crippen LogP contribution in [-0.2, 0) is 8.85 Å². The maximum Gasteiger partial charge on any atom is 0.331 e. The highest BCUT2D eigenvalue weighted by atomic mass is 28.4. The molecule has 4 aliphatic rings. The Morgan fingerprint density at radius 1 is 0.800 bits per heavy atom. The molecule has 116 valence electrons. The number of rotatable bonds is 2. The minimum Gasteiger partial charge on any atom is -0.398 e. The number of hydrogen-bond acceptors (Lipinski definition) is 2. The maximum absolute atomic E-state index is 5.00. The lowest BCUT2D eigenvalue weighted by atomic mass is 9.68. The molecule has 0 aromatic heterocycles. The van der Waals surface area contributed by atoms with Crippen molar-refractivity contribution in [1.29, 1.82) is 0 Å². The molecule has 4 aliphatic carbocycles. The molecule has 0 amide bonds. The standard InChI is InChI=1S/C13H20.C4H12O2Si/c1-7-4-10-6-11(7)13-9-3-2-8(5-9)12(10)13;1-5-7(3,4)6-2/h7-13H,2-6H2,1H3;1-4H3. The van der Waals surface area contributed by atoms with Crippen LogP contribution >= 0.6 is 0 Å². The molecule has 4 fully saturated rings. The first kappa shape index (κ1) is 15.0. The van der Waals surface area contributed by atoms with E-state index in [9.17, 15) is 0 Å². The smallest absolute Gasteiger partial charge is 0.331 e. The van der Waals surface area contributed by atoms with Crippen LogP contribution in [-0.4, -0.2) is 22.8 Å². The van der Waals surface area contributed by atoms with Crippen LogP contribution in [0, 0.1) is 41.4 Å². The third kappa shape index (κ3) is 2.40. The van der Waals surface area contributed by atoms with Gasteiger partial charge >= 0.3 is 8.56 Å². The van der Waals surface area contributed by atoms with E-state index in [1.54, 1.807) is 46.3 Å².